The maximum Gasteiger partial charge on any atom is 0.389 e. The molecule has 0 spiro atoms. The molecule has 76 valence electrons. The summed E-state index contributed by atoms with van der Waals surface area (Å²) in [5.74, 6) is 0. The summed E-state index contributed by atoms with van der Waals surface area (Å²) in [4.78, 5) is 0. The number of nitriles is 2. The summed E-state index contributed by atoms with van der Waals surface area (Å²) < 4.78 is 35.6. The van der Waals surface area contributed by atoms with Gasteiger partial charge in [0.1, 0.15) is 5.41 Å². The third-order valence-corrected chi connectivity index (χ3v) is 1.76. The fourth-order valence-electron chi connectivity index (χ4n) is 0.932. The lowest BCUT2D eigenvalue weighted by atomic mass is 9.83. The predicted octanol–water partition coefficient (Wildman–Crippen LogP) is 2.94. The zero-order chi connectivity index (χ0) is 11.2. The Morgan fingerprint density at radius 1 is 1.14 bits per heavy atom. The number of rotatable bonds is 4. The molecule has 0 unspecified atom stereocenters. The Balaban J connectivity index is 4.49. The van der Waals surface area contributed by atoms with E-state index in [0.29, 0.717) is 0 Å². The Hall–Kier alpha value is -1.49. The molecule has 0 aromatic rings. The SMILES string of the molecule is C=CCC(C#N)(C#N)CCC(F)(F)F. The maximum atomic E-state index is 11.9. The van der Waals surface area contributed by atoms with Crippen LogP contribution >= 0.6 is 0 Å². The monoisotopic (exact) mass is 202 g/mol. The van der Waals surface area contributed by atoms with Gasteiger partial charge in [0.15, 0.2) is 0 Å². The molecule has 0 saturated carbocycles. The molecule has 0 aromatic heterocycles. The molecule has 0 aliphatic rings. The van der Waals surface area contributed by atoms with E-state index in [4.69, 9.17) is 10.5 Å². The summed E-state index contributed by atoms with van der Waals surface area (Å²) in [7, 11) is 0. The summed E-state index contributed by atoms with van der Waals surface area (Å²) in [5, 5.41) is 17.2. The van der Waals surface area contributed by atoms with Crippen LogP contribution in [0.15, 0.2) is 12.7 Å². The molecule has 0 atom stereocenters. The van der Waals surface area contributed by atoms with E-state index in [-0.39, 0.29) is 6.42 Å². The van der Waals surface area contributed by atoms with Crippen molar-refractivity contribution in [2.75, 3.05) is 0 Å². The fourth-order valence-corrected chi connectivity index (χ4v) is 0.932. The molecule has 0 aliphatic carbocycles. The lowest BCUT2D eigenvalue weighted by molar-refractivity contribution is -0.138. The van der Waals surface area contributed by atoms with Crippen LogP contribution in [0.4, 0.5) is 13.2 Å². The number of allylic oxidation sites excluding steroid dienone is 1. The van der Waals surface area contributed by atoms with Crippen LogP contribution in [-0.4, -0.2) is 6.18 Å². The zero-order valence-corrected chi connectivity index (χ0v) is 7.43. The van der Waals surface area contributed by atoms with Crippen LogP contribution in [0, 0.1) is 28.1 Å². The summed E-state index contributed by atoms with van der Waals surface area (Å²) in [5.41, 5.74) is -1.59. The Kier molecular flexibility index (Phi) is 4.17. The van der Waals surface area contributed by atoms with Crippen molar-refractivity contribution < 1.29 is 13.2 Å². The highest BCUT2D eigenvalue weighted by Gasteiger charge is 2.35. The van der Waals surface area contributed by atoms with Crippen molar-refractivity contribution in [1.29, 1.82) is 10.5 Å². The maximum absolute atomic E-state index is 11.9. The van der Waals surface area contributed by atoms with Gasteiger partial charge in [-0.15, -0.1) is 6.58 Å². The minimum Gasteiger partial charge on any atom is -0.197 e. The smallest absolute Gasteiger partial charge is 0.197 e. The van der Waals surface area contributed by atoms with Gasteiger partial charge < -0.3 is 0 Å². The average molecular weight is 202 g/mol. The molecule has 0 saturated heterocycles. The van der Waals surface area contributed by atoms with Gasteiger partial charge in [0, 0.05) is 6.42 Å². The van der Waals surface area contributed by atoms with Crippen molar-refractivity contribution in [3.05, 3.63) is 12.7 Å². The van der Waals surface area contributed by atoms with E-state index >= 15 is 0 Å². The van der Waals surface area contributed by atoms with Crippen LogP contribution in [0.25, 0.3) is 0 Å². The van der Waals surface area contributed by atoms with Crippen LogP contribution in [0.5, 0.6) is 0 Å². The van der Waals surface area contributed by atoms with Gasteiger partial charge in [0.05, 0.1) is 12.1 Å². The van der Waals surface area contributed by atoms with E-state index in [9.17, 15) is 13.2 Å². The molecule has 2 nitrogen and oxygen atoms in total. The summed E-state index contributed by atoms with van der Waals surface area (Å²) in [6.45, 7) is 3.30. The van der Waals surface area contributed by atoms with Crippen molar-refractivity contribution in [1.82, 2.24) is 0 Å². The second kappa shape index (κ2) is 4.66. The van der Waals surface area contributed by atoms with Crippen molar-refractivity contribution >= 4 is 0 Å². The summed E-state index contributed by atoms with van der Waals surface area (Å²) >= 11 is 0. The third-order valence-electron chi connectivity index (χ3n) is 1.76. The first kappa shape index (κ1) is 12.5. The van der Waals surface area contributed by atoms with E-state index < -0.39 is 24.4 Å². The van der Waals surface area contributed by atoms with Gasteiger partial charge in [0.25, 0.3) is 0 Å². The predicted molar refractivity (Wildman–Crippen MR) is 43.8 cm³/mol. The third kappa shape index (κ3) is 3.95. The topological polar surface area (TPSA) is 47.6 Å². The van der Waals surface area contributed by atoms with Crippen LogP contribution in [0.3, 0.4) is 0 Å². The summed E-state index contributed by atoms with van der Waals surface area (Å²) in [6, 6.07) is 3.21. The molecule has 0 fully saturated rings. The molecule has 0 aromatic carbocycles. The first-order valence-corrected chi connectivity index (χ1v) is 3.89. The van der Waals surface area contributed by atoms with Gasteiger partial charge >= 0.3 is 6.18 Å². The molecule has 0 N–H and O–H groups in total. The highest BCUT2D eigenvalue weighted by Crippen LogP contribution is 2.32. The van der Waals surface area contributed by atoms with Gasteiger partial charge in [-0.1, -0.05) is 6.08 Å². The molecule has 0 heterocycles. The molecule has 0 radical (unpaired) electrons. The van der Waals surface area contributed by atoms with Crippen molar-refractivity contribution in [2.24, 2.45) is 5.41 Å². The average Bonchev–Trinajstić information content (AvgIpc) is 2.11. The quantitative estimate of drug-likeness (QED) is 0.658. The first-order valence-electron chi connectivity index (χ1n) is 3.89. The molecule has 0 amide bonds. The second-order valence-electron chi connectivity index (χ2n) is 2.91. The molecular weight excluding hydrogens is 193 g/mol. The first-order chi connectivity index (χ1) is 6.39. The van der Waals surface area contributed by atoms with Crippen LogP contribution in [0.2, 0.25) is 0 Å². The largest absolute Gasteiger partial charge is 0.389 e. The van der Waals surface area contributed by atoms with Crippen molar-refractivity contribution in [3.8, 4) is 12.1 Å². The van der Waals surface area contributed by atoms with Crippen LogP contribution in [0.1, 0.15) is 19.3 Å². The Morgan fingerprint density at radius 2 is 1.64 bits per heavy atom. The lowest BCUT2D eigenvalue weighted by Crippen LogP contribution is -2.19. The van der Waals surface area contributed by atoms with E-state index in [0.717, 1.165) is 0 Å². The lowest BCUT2D eigenvalue weighted by Gasteiger charge is -2.16. The molecule has 0 bridgehead atoms. The minimum atomic E-state index is -4.33. The van der Waals surface area contributed by atoms with E-state index in [1.807, 2.05) is 0 Å². The Bertz CT molecular complexity index is 266. The number of halogens is 3. The van der Waals surface area contributed by atoms with Gasteiger partial charge in [0.2, 0.25) is 0 Å². The standard InChI is InChI=1S/C9H9F3N2/c1-2-3-8(6-13,7-14)4-5-9(10,11)12/h2H,1,3-5H2. The fraction of sp³-hybridized carbons (Fsp3) is 0.556. The zero-order valence-electron chi connectivity index (χ0n) is 7.43. The molecule has 5 heteroatoms. The van der Waals surface area contributed by atoms with Gasteiger partial charge in [-0.3, -0.25) is 0 Å². The van der Waals surface area contributed by atoms with E-state index in [1.54, 1.807) is 12.1 Å². The summed E-state index contributed by atoms with van der Waals surface area (Å²) in [6.07, 6.45) is -4.73. The van der Waals surface area contributed by atoms with Crippen LogP contribution < -0.4 is 0 Å². The molecule has 0 aliphatic heterocycles. The number of nitrogens with zero attached hydrogens (tertiary/aromatic N) is 2. The molecule has 14 heavy (non-hydrogen) atoms. The number of alkyl halides is 3. The second-order valence-corrected chi connectivity index (χ2v) is 2.91. The molecular formula is C9H9F3N2. The Morgan fingerprint density at radius 3 is 1.93 bits per heavy atom. The number of hydrogen-bond acceptors (Lipinski definition) is 2. The van der Waals surface area contributed by atoms with Gasteiger partial charge in [-0.25, -0.2) is 0 Å². The van der Waals surface area contributed by atoms with E-state index in [2.05, 4.69) is 6.58 Å². The van der Waals surface area contributed by atoms with Gasteiger partial charge in [-0.05, 0) is 12.8 Å². The van der Waals surface area contributed by atoms with Crippen molar-refractivity contribution in [2.45, 2.75) is 25.4 Å². The minimum absolute atomic E-state index is 0.0456. The highest BCUT2D eigenvalue weighted by molar-refractivity contribution is 5.15. The normalized spacial score (nSPS) is 11.5. The van der Waals surface area contributed by atoms with E-state index in [1.165, 1.54) is 6.08 Å². The van der Waals surface area contributed by atoms with Crippen molar-refractivity contribution in [3.63, 3.8) is 0 Å². The van der Waals surface area contributed by atoms with Crippen LogP contribution in [-0.2, 0) is 0 Å². The molecule has 0 rings (SSSR count). The Labute approximate surface area is 80.3 Å². The number of hydrogen-bond donors (Lipinski definition) is 0. The van der Waals surface area contributed by atoms with Gasteiger partial charge in [-0.2, -0.15) is 23.7 Å². The highest BCUT2D eigenvalue weighted by atomic mass is 19.4.